The highest BCUT2D eigenvalue weighted by atomic mass is 19.1. The Hall–Kier alpha value is -2.66. The number of hydrogen-bond acceptors (Lipinski definition) is 3. The van der Waals surface area contributed by atoms with Gasteiger partial charge in [-0.25, -0.2) is 9.18 Å². The normalized spacial score (nSPS) is 21.6. The quantitative estimate of drug-likeness (QED) is 0.811. The fourth-order valence-electron chi connectivity index (χ4n) is 3.90. The van der Waals surface area contributed by atoms with Crippen LogP contribution in [0.1, 0.15) is 23.1 Å². The molecule has 0 radical (unpaired) electrons. The van der Waals surface area contributed by atoms with E-state index >= 15 is 0 Å². The molecule has 1 saturated heterocycles. The molecule has 0 saturated carbocycles. The first-order valence-electron chi connectivity index (χ1n) is 9.16. The highest BCUT2D eigenvalue weighted by Gasteiger charge is 2.39. The van der Waals surface area contributed by atoms with Crippen molar-refractivity contribution in [2.24, 2.45) is 0 Å². The van der Waals surface area contributed by atoms with Gasteiger partial charge in [0.2, 0.25) is 0 Å². The van der Waals surface area contributed by atoms with E-state index in [1.807, 2.05) is 49.4 Å². The van der Waals surface area contributed by atoms with E-state index in [0.29, 0.717) is 25.2 Å². The third-order valence-corrected chi connectivity index (χ3v) is 5.16. The van der Waals surface area contributed by atoms with Crippen LogP contribution in [0.4, 0.5) is 9.18 Å². The third-order valence-electron chi connectivity index (χ3n) is 5.16. The lowest BCUT2D eigenvalue weighted by Crippen LogP contribution is -2.56. The van der Waals surface area contributed by atoms with E-state index in [9.17, 15) is 9.18 Å². The minimum absolute atomic E-state index is 0.147. The van der Waals surface area contributed by atoms with E-state index in [2.05, 4.69) is 0 Å². The van der Waals surface area contributed by atoms with Crippen LogP contribution in [-0.4, -0.2) is 36.3 Å². The minimum atomic E-state index is -0.349. The molecule has 0 N–H and O–H groups in total. The summed E-state index contributed by atoms with van der Waals surface area (Å²) in [6.07, 6.45) is 2.15. The molecule has 140 valence electrons. The summed E-state index contributed by atoms with van der Waals surface area (Å²) in [6, 6.07) is 14.3. The Morgan fingerprint density at radius 2 is 2.00 bits per heavy atom. The Bertz CT molecular complexity index is 845. The zero-order valence-electron chi connectivity index (χ0n) is 15.2. The van der Waals surface area contributed by atoms with E-state index in [-0.39, 0.29) is 30.6 Å². The lowest BCUT2D eigenvalue weighted by molar-refractivity contribution is -0.0342. The van der Waals surface area contributed by atoms with Gasteiger partial charge >= 0.3 is 6.09 Å². The molecule has 4 rings (SSSR count). The number of carbonyl (C=O) groups is 1. The van der Waals surface area contributed by atoms with Gasteiger partial charge in [-0.2, -0.15) is 0 Å². The summed E-state index contributed by atoms with van der Waals surface area (Å²) in [4.78, 5) is 14.4. The van der Waals surface area contributed by atoms with E-state index in [1.165, 1.54) is 6.07 Å². The van der Waals surface area contributed by atoms with Crippen molar-refractivity contribution in [1.82, 2.24) is 4.90 Å². The number of morpholine rings is 1. The summed E-state index contributed by atoms with van der Waals surface area (Å²) in [6.45, 7) is 2.97. The second-order valence-electron chi connectivity index (χ2n) is 7.03. The zero-order chi connectivity index (χ0) is 18.8. The van der Waals surface area contributed by atoms with Crippen LogP contribution in [0.3, 0.4) is 0 Å². The molecule has 1 amide bonds. The number of fused-ring (bicyclic) bond motifs is 2. The molecule has 2 aliphatic heterocycles. The molecule has 2 bridgehead atoms. The number of nitrogens with zero attached hydrogens (tertiary/aromatic N) is 1. The molecule has 0 aromatic heterocycles. The summed E-state index contributed by atoms with van der Waals surface area (Å²) < 4.78 is 25.6. The Labute approximate surface area is 158 Å². The Balaban J connectivity index is 1.54. The molecule has 2 aromatic carbocycles. The molecular weight excluding hydrogens is 345 g/mol. The first kappa shape index (κ1) is 17.7. The third kappa shape index (κ3) is 3.60. The van der Waals surface area contributed by atoms with Gasteiger partial charge in [0.15, 0.2) is 0 Å². The Kier molecular flexibility index (Phi) is 4.94. The molecule has 2 unspecified atom stereocenters. The number of rotatable bonds is 3. The lowest BCUT2D eigenvalue weighted by atomic mass is 9.88. The molecule has 1 fully saturated rings. The number of hydrogen-bond donors (Lipinski definition) is 0. The van der Waals surface area contributed by atoms with Gasteiger partial charge in [-0.15, -0.1) is 0 Å². The minimum Gasteiger partial charge on any atom is -0.445 e. The second-order valence-corrected chi connectivity index (χ2v) is 7.03. The average molecular weight is 367 g/mol. The van der Waals surface area contributed by atoms with E-state index in [1.54, 1.807) is 11.0 Å². The maximum Gasteiger partial charge on any atom is 0.411 e. The first-order valence-corrected chi connectivity index (χ1v) is 9.16. The molecule has 2 atom stereocenters. The van der Waals surface area contributed by atoms with Crippen LogP contribution < -0.4 is 0 Å². The van der Waals surface area contributed by atoms with Crippen LogP contribution in [0, 0.1) is 12.7 Å². The van der Waals surface area contributed by atoms with Gasteiger partial charge in [-0.3, -0.25) is 4.90 Å². The highest BCUT2D eigenvalue weighted by molar-refractivity contribution is 5.75. The first-order chi connectivity index (χ1) is 13.1. The van der Waals surface area contributed by atoms with Gasteiger partial charge in [0.25, 0.3) is 0 Å². The topological polar surface area (TPSA) is 38.8 Å². The summed E-state index contributed by atoms with van der Waals surface area (Å²) in [5.74, 6) is -0.222. The SMILES string of the molecule is Cc1cccc(F)c1C1=CC2COCC(C1)N2C(=O)OCc1ccccc1. The second kappa shape index (κ2) is 7.53. The summed E-state index contributed by atoms with van der Waals surface area (Å²) in [5, 5.41) is 0. The molecule has 2 heterocycles. The molecule has 4 nitrogen and oxygen atoms in total. The maximum atomic E-state index is 14.4. The fraction of sp³-hybridized carbons (Fsp3) is 0.318. The number of aryl methyl sites for hydroxylation is 1. The van der Waals surface area contributed by atoms with Crippen molar-refractivity contribution in [2.45, 2.75) is 32.0 Å². The van der Waals surface area contributed by atoms with Crippen LogP contribution in [0.5, 0.6) is 0 Å². The van der Waals surface area contributed by atoms with Crippen LogP contribution in [0.15, 0.2) is 54.6 Å². The summed E-state index contributed by atoms with van der Waals surface area (Å²) in [5.41, 5.74) is 3.44. The van der Waals surface area contributed by atoms with Gasteiger partial charge in [-0.1, -0.05) is 48.5 Å². The van der Waals surface area contributed by atoms with Gasteiger partial charge in [0, 0.05) is 5.56 Å². The van der Waals surface area contributed by atoms with Crippen molar-refractivity contribution < 1.29 is 18.7 Å². The van der Waals surface area contributed by atoms with Crippen LogP contribution in [0.2, 0.25) is 0 Å². The van der Waals surface area contributed by atoms with Crippen LogP contribution >= 0.6 is 0 Å². The molecular formula is C22H22FNO3. The molecule has 5 heteroatoms. The van der Waals surface area contributed by atoms with E-state index < -0.39 is 0 Å². The van der Waals surface area contributed by atoms with Crippen molar-refractivity contribution in [2.75, 3.05) is 13.2 Å². The number of benzene rings is 2. The predicted molar refractivity (Wildman–Crippen MR) is 101 cm³/mol. The van der Waals surface area contributed by atoms with Crippen LogP contribution in [-0.2, 0) is 16.1 Å². The maximum absolute atomic E-state index is 14.4. The number of amides is 1. The van der Waals surface area contributed by atoms with E-state index in [0.717, 1.165) is 16.7 Å². The molecule has 27 heavy (non-hydrogen) atoms. The predicted octanol–water partition coefficient (Wildman–Crippen LogP) is 4.33. The number of ether oxygens (including phenoxy) is 2. The number of carbonyl (C=O) groups excluding carboxylic acids is 1. The Morgan fingerprint density at radius 1 is 1.19 bits per heavy atom. The highest BCUT2D eigenvalue weighted by Crippen LogP contribution is 2.35. The molecule has 0 aliphatic carbocycles. The average Bonchev–Trinajstić information content (AvgIpc) is 2.66. The van der Waals surface area contributed by atoms with Crippen molar-refractivity contribution in [3.8, 4) is 0 Å². The van der Waals surface area contributed by atoms with Gasteiger partial charge in [-0.05, 0) is 36.1 Å². The summed E-state index contributed by atoms with van der Waals surface area (Å²) in [7, 11) is 0. The standard InChI is InChI=1S/C22H22FNO3/c1-15-6-5-9-20(23)21(15)17-10-18-13-26-14-19(11-17)24(18)22(25)27-12-16-7-3-2-4-8-16/h2-10,18-19H,11-14H2,1H3. The van der Waals surface area contributed by atoms with Gasteiger partial charge in [0.05, 0.1) is 25.3 Å². The zero-order valence-corrected chi connectivity index (χ0v) is 15.2. The van der Waals surface area contributed by atoms with E-state index in [4.69, 9.17) is 9.47 Å². The number of halogens is 1. The van der Waals surface area contributed by atoms with Crippen LogP contribution in [0.25, 0.3) is 5.57 Å². The Morgan fingerprint density at radius 3 is 2.74 bits per heavy atom. The van der Waals surface area contributed by atoms with Crippen molar-refractivity contribution in [3.05, 3.63) is 77.1 Å². The molecule has 2 aromatic rings. The van der Waals surface area contributed by atoms with Crippen molar-refractivity contribution in [1.29, 1.82) is 0 Å². The van der Waals surface area contributed by atoms with Crippen molar-refractivity contribution in [3.63, 3.8) is 0 Å². The monoisotopic (exact) mass is 367 g/mol. The van der Waals surface area contributed by atoms with Gasteiger partial charge < -0.3 is 9.47 Å². The van der Waals surface area contributed by atoms with Crippen molar-refractivity contribution >= 4 is 11.7 Å². The fourth-order valence-corrected chi connectivity index (χ4v) is 3.90. The lowest BCUT2D eigenvalue weighted by Gasteiger charge is -2.44. The molecule has 2 aliphatic rings. The van der Waals surface area contributed by atoms with Gasteiger partial charge in [0.1, 0.15) is 12.4 Å². The molecule has 0 spiro atoms. The smallest absolute Gasteiger partial charge is 0.411 e. The summed E-state index contributed by atoms with van der Waals surface area (Å²) >= 11 is 0. The largest absolute Gasteiger partial charge is 0.445 e.